The Balaban J connectivity index is 2.00. The SMILES string of the molecule is CCCC1(CCC)NC(=O)N(CC(=O)N(C)Cc2ccc(OC(F)F)cc2)C1=O. The van der Waals surface area contributed by atoms with Crippen molar-refractivity contribution in [2.45, 2.75) is 58.2 Å². The lowest BCUT2D eigenvalue weighted by atomic mass is 9.88. The molecule has 9 heteroatoms. The van der Waals surface area contributed by atoms with Gasteiger partial charge in [0.05, 0.1) is 0 Å². The van der Waals surface area contributed by atoms with E-state index in [1.807, 2.05) is 13.8 Å². The Morgan fingerprint density at radius 1 is 1.17 bits per heavy atom. The van der Waals surface area contributed by atoms with Gasteiger partial charge in [-0.15, -0.1) is 0 Å². The Bertz CT molecular complexity index is 734. The van der Waals surface area contributed by atoms with Gasteiger partial charge in [-0.25, -0.2) is 4.79 Å². The first-order valence-corrected chi connectivity index (χ1v) is 9.64. The molecule has 7 nitrogen and oxygen atoms in total. The molecular weight excluding hydrogens is 384 g/mol. The van der Waals surface area contributed by atoms with Crippen LogP contribution in [0.2, 0.25) is 0 Å². The molecule has 4 amide bonds. The molecule has 1 fully saturated rings. The van der Waals surface area contributed by atoms with Crippen molar-refractivity contribution >= 4 is 17.8 Å². The summed E-state index contributed by atoms with van der Waals surface area (Å²) in [6, 6.07) is 5.38. The van der Waals surface area contributed by atoms with Crippen LogP contribution >= 0.6 is 0 Å². The van der Waals surface area contributed by atoms with Crippen LogP contribution in [-0.4, -0.2) is 53.4 Å². The summed E-state index contributed by atoms with van der Waals surface area (Å²) in [5, 5.41) is 2.78. The molecule has 1 N–H and O–H groups in total. The van der Waals surface area contributed by atoms with Crippen molar-refractivity contribution in [3.05, 3.63) is 29.8 Å². The molecule has 1 aliphatic rings. The lowest BCUT2D eigenvalue weighted by Crippen LogP contribution is -2.47. The molecule has 0 bridgehead atoms. The number of rotatable bonds is 10. The molecule has 2 rings (SSSR count). The fourth-order valence-electron chi connectivity index (χ4n) is 3.53. The molecule has 1 aliphatic heterocycles. The van der Waals surface area contributed by atoms with Gasteiger partial charge in [-0.3, -0.25) is 14.5 Å². The summed E-state index contributed by atoms with van der Waals surface area (Å²) >= 11 is 0. The molecule has 0 spiro atoms. The number of hydrogen-bond acceptors (Lipinski definition) is 4. The minimum atomic E-state index is -2.90. The Morgan fingerprint density at radius 3 is 2.28 bits per heavy atom. The van der Waals surface area contributed by atoms with E-state index in [9.17, 15) is 23.2 Å². The van der Waals surface area contributed by atoms with Crippen LogP contribution in [-0.2, 0) is 16.1 Å². The van der Waals surface area contributed by atoms with Crippen molar-refractivity contribution in [1.29, 1.82) is 0 Å². The number of alkyl halides is 2. The van der Waals surface area contributed by atoms with Gasteiger partial charge in [-0.2, -0.15) is 8.78 Å². The maximum Gasteiger partial charge on any atom is 0.387 e. The predicted molar refractivity (Wildman–Crippen MR) is 102 cm³/mol. The zero-order chi connectivity index (χ0) is 21.6. The van der Waals surface area contributed by atoms with Gasteiger partial charge in [0.2, 0.25) is 5.91 Å². The molecular formula is C20H27F2N3O4. The van der Waals surface area contributed by atoms with Gasteiger partial charge in [-0.1, -0.05) is 38.8 Å². The number of urea groups is 1. The average Bonchev–Trinajstić information content (AvgIpc) is 2.87. The second-order valence-electron chi connectivity index (χ2n) is 7.18. The van der Waals surface area contributed by atoms with E-state index in [4.69, 9.17) is 0 Å². The lowest BCUT2D eigenvalue weighted by molar-refractivity contribution is -0.138. The lowest BCUT2D eigenvalue weighted by Gasteiger charge is -2.26. The van der Waals surface area contributed by atoms with Gasteiger partial charge < -0.3 is 15.0 Å². The zero-order valence-corrected chi connectivity index (χ0v) is 16.9. The van der Waals surface area contributed by atoms with Crippen molar-refractivity contribution in [3.63, 3.8) is 0 Å². The van der Waals surface area contributed by atoms with Gasteiger partial charge >= 0.3 is 12.6 Å². The number of amides is 4. The minimum Gasteiger partial charge on any atom is -0.435 e. The highest BCUT2D eigenvalue weighted by molar-refractivity contribution is 6.09. The Morgan fingerprint density at radius 2 is 1.76 bits per heavy atom. The van der Waals surface area contributed by atoms with E-state index in [2.05, 4.69) is 10.1 Å². The highest BCUT2D eigenvalue weighted by Gasteiger charge is 2.50. The molecule has 0 atom stereocenters. The van der Waals surface area contributed by atoms with Crippen LogP contribution in [0.1, 0.15) is 45.1 Å². The van der Waals surface area contributed by atoms with Crippen molar-refractivity contribution < 1.29 is 27.9 Å². The van der Waals surface area contributed by atoms with Gasteiger partial charge in [0.15, 0.2) is 0 Å². The number of benzene rings is 1. The van der Waals surface area contributed by atoms with E-state index in [0.717, 1.165) is 17.7 Å². The molecule has 0 unspecified atom stereocenters. The van der Waals surface area contributed by atoms with E-state index in [1.165, 1.54) is 17.0 Å². The van der Waals surface area contributed by atoms with E-state index < -0.39 is 24.1 Å². The first-order chi connectivity index (χ1) is 13.7. The van der Waals surface area contributed by atoms with E-state index in [-0.39, 0.29) is 24.7 Å². The van der Waals surface area contributed by atoms with E-state index in [1.54, 1.807) is 19.2 Å². The summed E-state index contributed by atoms with van der Waals surface area (Å²) in [5.74, 6) is -0.730. The fraction of sp³-hybridized carbons (Fsp3) is 0.550. The van der Waals surface area contributed by atoms with Crippen LogP contribution in [0.5, 0.6) is 5.75 Å². The second-order valence-corrected chi connectivity index (χ2v) is 7.18. The quantitative estimate of drug-likeness (QED) is 0.600. The summed E-state index contributed by atoms with van der Waals surface area (Å²) in [4.78, 5) is 40.1. The summed E-state index contributed by atoms with van der Waals surface area (Å²) in [6.07, 6.45) is 2.52. The molecule has 1 aromatic carbocycles. The van der Waals surface area contributed by atoms with Crippen LogP contribution in [0.4, 0.5) is 13.6 Å². The van der Waals surface area contributed by atoms with Crippen molar-refractivity contribution in [3.8, 4) is 5.75 Å². The van der Waals surface area contributed by atoms with Crippen molar-refractivity contribution in [1.82, 2.24) is 15.1 Å². The second kappa shape index (κ2) is 9.67. The van der Waals surface area contributed by atoms with Gasteiger partial charge in [-0.05, 0) is 30.5 Å². The average molecular weight is 411 g/mol. The number of ether oxygens (including phenoxy) is 1. The van der Waals surface area contributed by atoms with Crippen molar-refractivity contribution in [2.24, 2.45) is 0 Å². The Hall–Kier alpha value is -2.71. The van der Waals surface area contributed by atoms with Crippen LogP contribution in [0.3, 0.4) is 0 Å². The number of nitrogens with zero attached hydrogens (tertiary/aromatic N) is 2. The fourth-order valence-corrected chi connectivity index (χ4v) is 3.53. The van der Waals surface area contributed by atoms with Gasteiger partial charge in [0.25, 0.3) is 5.91 Å². The maximum absolute atomic E-state index is 12.9. The molecule has 160 valence electrons. The molecule has 1 aromatic rings. The smallest absolute Gasteiger partial charge is 0.387 e. The van der Waals surface area contributed by atoms with Gasteiger partial charge in [0.1, 0.15) is 17.8 Å². The van der Waals surface area contributed by atoms with Crippen LogP contribution < -0.4 is 10.1 Å². The molecule has 1 heterocycles. The number of halogens is 2. The largest absolute Gasteiger partial charge is 0.435 e. The van der Waals surface area contributed by atoms with Gasteiger partial charge in [0, 0.05) is 13.6 Å². The zero-order valence-electron chi connectivity index (χ0n) is 16.9. The highest BCUT2D eigenvalue weighted by atomic mass is 19.3. The van der Waals surface area contributed by atoms with Crippen LogP contribution in [0, 0.1) is 0 Å². The normalized spacial score (nSPS) is 15.6. The summed E-state index contributed by atoms with van der Waals surface area (Å²) in [7, 11) is 1.55. The number of carbonyl (C=O) groups excluding carboxylic acids is 3. The maximum atomic E-state index is 12.9. The Labute approximate surface area is 169 Å². The third-order valence-electron chi connectivity index (χ3n) is 4.89. The van der Waals surface area contributed by atoms with Crippen LogP contribution in [0.25, 0.3) is 0 Å². The minimum absolute atomic E-state index is 0.0280. The standard InChI is InChI=1S/C20H27F2N3O4/c1-4-10-20(11-5-2)17(27)25(19(28)23-20)13-16(26)24(3)12-14-6-8-15(9-7-14)29-18(21)22/h6-9,18H,4-5,10-13H2,1-3H3,(H,23,28). The van der Waals surface area contributed by atoms with E-state index in [0.29, 0.717) is 18.4 Å². The third-order valence-corrected chi connectivity index (χ3v) is 4.89. The first kappa shape index (κ1) is 22.6. The monoisotopic (exact) mass is 411 g/mol. The predicted octanol–water partition coefficient (Wildman–Crippen LogP) is 3.14. The summed E-state index contributed by atoms with van der Waals surface area (Å²) in [5.41, 5.74) is -0.231. The number of carbonyl (C=O) groups is 3. The first-order valence-electron chi connectivity index (χ1n) is 9.64. The Kier molecular flexibility index (Phi) is 7.53. The molecule has 1 saturated heterocycles. The molecule has 0 aromatic heterocycles. The number of likely N-dealkylation sites (N-methyl/N-ethyl adjacent to an activating group) is 1. The molecule has 0 aliphatic carbocycles. The molecule has 0 saturated carbocycles. The molecule has 29 heavy (non-hydrogen) atoms. The number of hydrogen-bond donors (Lipinski definition) is 1. The molecule has 0 radical (unpaired) electrons. The summed E-state index contributed by atoms with van der Waals surface area (Å²) in [6.45, 7) is 0.837. The number of imide groups is 1. The third kappa shape index (κ3) is 5.42. The number of nitrogens with one attached hydrogen (secondary N) is 1. The van der Waals surface area contributed by atoms with E-state index >= 15 is 0 Å². The summed E-state index contributed by atoms with van der Waals surface area (Å²) < 4.78 is 28.7. The topological polar surface area (TPSA) is 79.0 Å². The highest BCUT2D eigenvalue weighted by Crippen LogP contribution is 2.28. The van der Waals surface area contributed by atoms with Crippen molar-refractivity contribution in [2.75, 3.05) is 13.6 Å². The van der Waals surface area contributed by atoms with Crippen LogP contribution in [0.15, 0.2) is 24.3 Å².